The molecule has 1 aromatic heterocycles. The quantitative estimate of drug-likeness (QED) is 0.680. The van der Waals surface area contributed by atoms with Gasteiger partial charge in [-0.1, -0.05) is 20.8 Å². The van der Waals surface area contributed by atoms with Crippen molar-refractivity contribution in [2.24, 2.45) is 11.3 Å². The van der Waals surface area contributed by atoms with Crippen molar-refractivity contribution in [3.63, 3.8) is 0 Å². The second kappa shape index (κ2) is 8.03. The van der Waals surface area contributed by atoms with Gasteiger partial charge in [0.25, 0.3) is 0 Å². The molecule has 176 valence electrons. The zero-order valence-corrected chi connectivity index (χ0v) is 20.6. The molecular weight excluding hydrogens is 402 g/mol. The van der Waals surface area contributed by atoms with Crippen molar-refractivity contribution >= 4 is 12.0 Å². The molecule has 0 atom stereocenters. The Hall–Kier alpha value is -2.11. The van der Waals surface area contributed by atoms with E-state index >= 15 is 0 Å². The third-order valence-corrected chi connectivity index (χ3v) is 8.54. The molecule has 0 N–H and O–H groups in total. The third-order valence-electron chi connectivity index (χ3n) is 8.54. The molecule has 2 saturated carbocycles. The van der Waals surface area contributed by atoms with E-state index in [4.69, 9.17) is 4.74 Å². The number of likely N-dealkylation sites (tertiary alicyclic amines) is 1. The summed E-state index contributed by atoms with van der Waals surface area (Å²) in [6.45, 7) is 10.5. The number of ether oxygens (including phenoxy) is 1. The molecule has 1 aromatic rings. The van der Waals surface area contributed by atoms with E-state index in [0.717, 1.165) is 38.8 Å². The first-order chi connectivity index (χ1) is 15.0. The lowest BCUT2D eigenvalue weighted by atomic mass is 9.56. The molecule has 1 spiro atoms. The van der Waals surface area contributed by atoms with E-state index in [2.05, 4.69) is 42.8 Å². The zero-order valence-electron chi connectivity index (χ0n) is 20.6. The number of hydrogen-bond acceptors (Lipinski definition) is 4. The Bertz CT molecular complexity index is 869. The summed E-state index contributed by atoms with van der Waals surface area (Å²) in [5.74, 6) is 0.853. The smallest absolute Gasteiger partial charge is 0.409 e. The monoisotopic (exact) mass is 441 g/mol. The average Bonchev–Trinajstić information content (AvgIpc) is 2.73. The molecule has 2 amide bonds. The first-order valence-electron chi connectivity index (χ1n) is 12.0. The van der Waals surface area contributed by atoms with Crippen LogP contribution in [-0.2, 0) is 14.9 Å². The molecule has 1 aliphatic heterocycles. The van der Waals surface area contributed by atoms with Crippen LogP contribution < -0.4 is 0 Å². The van der Waals surface area contributed by atoms with Gasteiger partial charge in [0.2, 0.25) is 5.91 Å². The van der Waals surface area contributed by atoms with Crippen molar-refractivity contribution < 1.29 is 14.3 Å². The van der Waals surface area contributed by atoms with Gasteiger partial charge in [-0.3, -0.25) is 9.78 Å². The maximum atomic E-state index is 13.0. The highest BCUT2D eigenvalue weighted by atomic mass is 16.5. The number of carbonyl (C=O) groups excluding carboxylic acids is 2. The second-order valence-corrected chi connectivity index (χ2v) is 11.8. The molecule has 0 bridgehead atoms. The Balaban J connectivity index is 1.27. The van der Waals surface area contributed by atoms with Gasteiger partial charge in [-0.2, -0.15) is 0 Å². The minimum absolute atomic E-state index is 0.0274. The molecular formula is C26H39N3O3. The number of amides is 2. The maximum absolute atomic E-state index is 13.0. The van der Waals surface area contributed by atoms with Crippen LogP contribution >= 0.6 is 0 Å². The largest absolute Gasteiger partial charge is 0.453 e. The van der Waals surface area contributed by atoms with Crippen molar-refractivity contribution in [1.82, 2.24) is 14.8 Å². The van der Waals surface area contributed by atoms with E-state index in [1.54, 1.807) is 11.9 Å². The topological polar surface area (TPSA) is 62.7 Å². The Morgan fingerprint density at radius 1 is 1.16 bits per heavy atom. The number of hydrogen-bond donors (Lipinski definition) is 0. The van der Waals surface area contributed by atoms with E-state index in [9.17, 15) is 9.59 Å². The number of methoxy groups -OCH3 is 1. The van der Waals surface area contributed by atoms with Crippen molar-refractivity contribution in [3.05, 3.63) is 29.6 Å². The summed E-state index contributed by atoms with van der Waals surface area (Å²) in [6.07, 6.45) is 7.66. The van der Waals surface area contributed by atoms with Gasteiger partial charge in [-0.25, -0.2) is 4.79 Å². The van der Waals surface area contributed by atoms with Crippen LogP contribution in [-0.4, -0.2) is 59.6 Å². The van der Waals surface area contributed by atoms with Crippen molar-refractivity contribution in [1.29, 1.82) is 0 Å². The molecule has 0 unspecified atom stereocenters. The van der Waals surface area contributed by atoms with Crippen molar-refractivity contribution in [2.45, 2.75) is 83.1 Å². The molecule has 2 aliphatic carbocycles. The zero-order chi connectivity index (χ0) is 23.3. The number of carbonyl (C=O) groups is 2. The first-order valence-corrected chi connectivity index (χ1v) is 12.0. The lowest BCUT2D eigenvalue weighted by Gasteiger charge is -2.54. The van der Waals surface area contributed by atoms with Crippen molar-refractivity contribution in [2.75, 3.05) is 27.2 Å². The van der Waals surface area contributed by atoms with Gasteiger partial charge in [-0.05, 0) is 74.0 Å². The number of piperidine rings is 1. The lowest BCUT2D eigenvalue weighted by molar-refractivity contribution is -0.147. The summed E-state index contributed by atoms with van der Waals surface area (Å²) in [7, 11) is 3.16. The highest BCUT2D eigenvalue weighted by Gasteiger charge is 2.51. The first kappa shape index (κ1) is 23.1. The lowest BCUT2D eigenvalue weighted by Crippen LogP contribution is -2.60. The number of rotatable bonds is 3. The molecule has 3 fully saturated rings. The summed E-state index contributed by atoms with van der Waals surface area (Å²) in [5, 5.41) is 0. The summed E-state index contributed by atoms with van der Waals surface area (Å²) in [5.41, 5.74) is 2.85. The van der Waals surface area contributed by atoms with E-state index < -0.39 is 0 Å². The van der Waals surface area contributed by atoms with Crippen LogP contribution in [0, 0.1) is 11.3 Å². The van der Waals surface area contributed by atoms with Gasteiger partial charge >= 0.3 is 6.09 Å². The molecule has 0 aromatic carbocycles. The highest BCUT2D eigenvalue weighted by Crippen LogP contribution is 2.56. The molecule has 6 nitrogen and oxygen atoms in total. The molecule has 3 aliphatic rings. The minimum atomic E-state index is -0.333. The molecule has 4 rings (SSSR count). The predicted octanol–water partition coefficient (Wildman–Crippen LogP) is 4.73. The van der Waals surface area contributed by atoms with Crippen LogP contribution in [0.3, 0.4) is 0 Å². The Morgan fingerprint density at radius 2 is 1.78 bits per heavy atom. The molecule has 1 saturated heterocycles. The van der Waals surface area contributed by atoms with E-state index in [0.29, 0.717) is 11.3 Å². The van der Waals surface area contributed by atoms with E-state index in [-0.39, 0.29) is 28.9 Å². The summed E-state index contributed by atoms with van der Waals surface area (Å²) < 4.78 is 4.84. The third kappa shape index (κ3) is 4.13. The number of pyridine rings is 1. The average molecular weight is 442 g/mol. The predicted molar refractivity (Wildman–Crippen MR) is 124 cm³/mol. The van der Waals surface area contributed by atoms with Crippen molar-refractivity contribution in [3.8, 4) is 0 Å². The molecule has 2 heterocycles. The molecule has 0 radical (unpaired) electrons. The Labute approximate surface area is 192 Å². The standard InChI is InChI=1S/C26H39N3O3/c1-24(2,3)20-7-10-27-21(13-20)18-16-26(17-18)8-11-29(12-9-26)22(30)19-14-25(4,15-19)28(5)23(31)32-6/h7,10,13,18-19H,8-9,11-12,14-17H2,1-6H3/t19-,25+. The fraction of sp³-hybridized carbons (Fsp3) is 0.731. The van der Waals surface area contributed by atoms with Gasteiger partial charge in [0, 0.05) is 49.4 Å². The van der Waals surface area contributed by atoms with Crippen LogP contribution in [0.2, 0.25) is 0 Å². The normalized spacial score (nSPS) is 27.4. The number of aromatic nitrogens is 1. The SMILES string of the molecule is COC(=O)N(C)[C@]1(C)C[C@H](C(=O)N2CCC3(CC2)CC(c2cc(C(C)(C)C)ccn2)C3)C1. The second-order valence-electron chi connectivity index (χ2n) is 11.8. The minimum Gasteiger partial charge on any atom is -0.453 e. The highest BCUT2D eigenvalue weighted by molar-refractivity contribution is 5.81. The van der Waals surface area contributed by atoms with Crippen LogP contribution in [0.15, 0.2) is 18.3 Å². The van der Waals surface area contributed by atoms with Gasteiger partial charge in [0.05, 0.1) is 7.11 Å². The van der Waals surface area contributed by atoms with Crippen LogP contribution in [0.25, 0.3) is 0 Å². The van der Waals surface area contributed by atoms with Crippen LogP contribution in [0.5, 0.6) is 0 Å². The number of nitrogens with zero attached hydrogens (tertiary/aromatic N) is 3. The molecule has 6 heteroatoms. The summed E-state index contributed by atoms with van der Waals surface area (Å²) in [6, 6.07) is 4.44. The van der Waals surface area contributed by atoms with Crippen LogP contribution in [0.1, 0.15) is 83.4 Å². The summed E-state index contributed by atoms with van der Waals surface area (Å²) >= 11 is 0. The van der Waals surface area contributed by atoms with Crippen LogP contribution in [0.4, 0.5) is 4.79 Å². The maximum Gasteiger partial charge on any atom is 0.409 e. The fourth-order valence-corrected chi connectivity index (χ4v) is 6.01. The van der Waals surface area contributed by atoms with E-state index in [1.165, 1.54) is 31.2 Å². The van der Waals surface area contributed by atoms with E-state index in [1.807, 2.05) is 13.1 Å². The summed E-state index contributed by atoms with van der Waals surface area (Å²) in [4.78, 5) is 33.3. The molecule has 32 heavy (non-hydrogen) atoms. The Kier molecular flexibility index (Phi) is 5.79. The Morgan fingerprint density at radius 3 is 2.34 bits per heavy atom. The van der Waals surface area contributed by atoms with Gasteiger partial charge in [0.1, 0.15) is 0 Å². The van der Waals surface area contributed by atoms with Gasteiger partial charge in [-0.15, -0.1) is 0 Å². The fourth-order valence-electron chi connectivity index (χ4n) is 6.01. The van der Waals surface area contributed by atoms with Gasteiger partial charge < -0.3 is 14.5 Å². The van der Waals surface area contributed by atoms with Gasteiger partial charge in [0.15, 0.2) is 0 Å².